The molecule has 2 aromatic carbocycles. The first-order chi connectivity index (χ1) is 12.6. The van der Waals surface area contributed by atoms with Crippen molar-refractivity contribution < 1.29 is 4.74 Å². The van der Waals surface area contributed by atoms with Crippen molar-refractivity contribution in [2.75, 3.05) is 34.3 Å². The highest BCUT2D eigenvalue weighted by atomic mass is 16.5. The molecule has 0 aromatic heterocycles. The Labute approximate surface area is 157 Å². The van der Waals surface area contributed by atoms with Gasteiger partial charge in [-0.05, 0) is 44.3 Å². The fourth-order valence-electron chi connectivity index (χ4n) is 2.51. The van der Waals surface area contributed by atoms with Crippen LogP contribution in [0.3, 0.4) is 0 Å². The first-order valence-electron chi connectivity index (χ1n) is 8.93. The molecule has 5 heteroatoms. The number of nitrogens with zero attached hydrogens (tertiary/aromatic N) is 2. The van der Waals surface area contributed by atoms with Gasteiger partial charge in [-0.3, -0.25) is 4.99 Å². The molecule has 0 saturated heterocycles. The molecule has 140 valence electrons. The lowest BCUT2D eigenvalue weighted by Crippen LogP contribution is -2.36. The van der Waals surface area contributed by atoms with Crippen LogP contribution in [-0.4, -0.2) is 45.2 Å². The minimum Gasteiger partial charge on any atom is -0.492 e. The second kappa shape index (κ2) is 10.5. The Morgan fingerprint density at radius 3 is 2.27 bits per heavy atom. The lowest BCUT2D eigenvalue weighted by molar-refractivity contribution is 0.261. The average Bonchev–Trinajstić information content (AvgIpc) is 2.62. The van der Waals surface area contributed by atoms with Crippen LogP contribution in [0.2, 0.25) is 0 Å². The van der Waals surface area contributed by atoms with Crippen LogP contribution < -0.4 is 15.4 Å². The number of aliphatic imine (C=N–C) groups is 1. The summed E-state index contributed by atoms with van der Waals surface area (Å²) in [4.78, 5) is 6.40. The van der Waals surface area contributed by atoms with E-state index >= 15 is 0 Å². The molecule has 0 heterocycles. The second-order valence-corrected chi connectivity index (χ2v) is 6.57. The molecule has 0 radical (unpaired) electrons. The van der Waals surface area contributed by atoms with E-state index in [-0.39, 0.29) is 0 Å². The molecule has 5 nitrogen and oxygen atoms in total. The number of guanidine groups is 1. The zero-order valence-corrected chi connectivity index (χ0v) is 16.2. The molecule has 0 atom stereocenters. The summed E-state index contributed by atoms with van der Waals surface area (Å²) in [6.07, 6.45) is 0. The Bertz CT molecular complexity index is 713. The van der Waals surface area contributed by atoms with E-state index in [4.69, 9.17) is 4.74 Å². The number of hydrogen-bond acceptors (Lipinski definition) is 3. The SMILES string of the molecule is CN=C(NCc1cccc(C)c1)NCc1cccc(OCCN(C)C)c1. The normalized spacial score (nSPS) is 11.5. The largest absolute Gasteiger partial charge is 0.492 e. The molecule has 0 unspecified atom stereocenters. The predicted molar refractivity (Wildman–Crippen MR) is 109 cm³/mol. The number of benzene rings is 2. The molecular weight excluding hydrogens is 324 g/mol. The number of likely N-dealkylation sites (N-methyl/N-ethyl adjacent to an activating group) is 1. The van der Waals surface area contributed by atoms with Gasteiger partial charge in [-0.2, -0.15) is 0 Å². The van der Waals surface area contributed by atoms with Crippen molar-refractivity contribution in [3.8, 4) is 5.75 Å². The summed E-state index contributed by atoms with van der Waals surface area (Å²) in [7, 11) is 5.87. The van der Waals surface area contributed by atoms with Gasteiger partial charge in [0.25, 0.3) is 0 Å². The summed E-state index contributed by atoms with van der Waals surface area (Å²) < 4.78 is 5.79. The molecule has 0 aliphatic carbocycles. The highest BCUT2D eigenvalue weighted by Crippen LogP contribution is 2.13. The summed E-state index contributed by atoms with van der Waals surface area (Å²) in [6, 6.07) is 16.6. The summed E-state index contributed by atoms with van der Waals surface area (Å²) in [6.45, 7) is 5.12. The maximum Gasteiger partial charge on any atom is 0.191 e. The van der Waals surface area contributed by atoms with Gasteiger partial charge in [0.05, 0.1) is 0 Å². The Morgan fingerprint density at radius 1 is 1.00 bits per heavy atom. The second-order valence-electron chi connectivity index (χ2n) is 6.57. The number of aryl methyl sites for hydroxylation is 1. The minimum atomic E-state index is 0.684. The van der Waals surface area contributed by atoms with E-state index in [1.54, 1.807) is 7.05 Å². The van der Waals surface area contributed by atoms with E-state index in [0.717, 1.165) is 30.4 Å². The van der Waals surface area contributed by atoms with Crippen LogP contribution in [0, 0.1) is 6.92 Å². The Morgan fingerprint density at radius 2 is 1.65 bits per heavy atom. The molecule has 0 bridgehead atoms. The summed E-state index contributed by atoms with van der Waals surface area (Å²) in [5.74, 6) is 1.68. The number of hydrogen-bond donors (Lipinski definition) is 2. The third kappa shape index (κ3) is 7.15. The molecule has 0 aliphatic rings. The maximum atomic E-state index is 5.79. The fraction of sp³-hybridized carbons (Fsp3) is 0.381. The Balaban J connectivity index is 1.82. The van der Waals surface area contributed by atoms with E-state index in [0.29, 0.717) is 13.2 Å². The van der Waals surface area contributed by atoms with Crippen molar-refractivity contribution in [2.24, 2.45) is 4.99 Å². The molecule has 0 saturated carbocycles. The Hall–Kier alpha value is -2.53. The van der Waals surface area contributed by atoms with E-state index in [9.17, 15) is 0 Å². The van der Waals surface area contributed by atoms with Gasteiger partial charge in [0.15, 0.2) is 5.96 Å². The molecule has 2 aromatic rings. The van der Waals surface area contributed by atoms with Gasteiger partial charge >= 0.3 is 0 Å². The van der Waals surface area contributed by atoms with Crippen LogP contribution in [0.4, 0.5) is 0 Å². The van der Waals surface area contributed by atoms with E-state index < -0.39 is 0 Å². The first kappa shape index (κ1) is 19.8. The third-order valence-corrected chi connectivity index (χ3v) is 3.93. The van der Waals surface area contributed by atoms with Gasteiger partial charge in [-0.25, -0.2) is 0 Å². The van der Waals surface area contributed by atoms with Crippen LogP contribution in [-0.2, 0) is 13.1 Å². The third-order valence-electron chi connectivity index (χ3n) is 3.93. The van der Waals surface area contributed by atoms with Crippen LogP contribution in [0.1, 0.15) is 16.7 Å². The molecule has 2 N–H and O–H groups in total. The van der Waals surface area contributed by atoms with Gasteiger partial charge in [-0.1, -0.05) is 42.0 Å². The van der Waals surface area contributed by atoms with E-state index in [2.05, 4.69) is 63.8 Å². The number of rotatable bonds is 8. The van der Waals surface area contributed by atoms with E-state index in [1.807, 2.05) is 26.2 Å². The molecule has 2 rings (SSSR count). The van der Waals surface area contributed by atoms with Crippen molar-refractivity contribution >= 4 is 5.96 Å². The zero-order valence-electron chi connectivity index (χ0n) is 16.2. The van der Waals surface area contributed by atoms with Gasteiger partial charge in [0.1, 0.15) is 12.4 Å². The van der Waals surface area contributed by atoms with Gasteiger partial charge in [0.2, 0.25) is 0 Å². The smallest absolute Gasteiger partial charge is 0.191 e. The molecule has 0 fully saturated rings. The highest BCUT2D eigenvalue weighted by molar-refractivity contribution is 5.79. The maximum absolute atomic E-state index is 5.79. The van der Waals surface area contributed by atoms with Crippen molar-refractivity contribution in [3.05, 3.63) is 65.2 Å². The van der Waals surface area contributed by atoms with Crippen LogP contribution >= 0.6 is 0 Å². The highest BCUT2D eigenvalue weighted by Gasteiger charge is 2.01. The lowest BCUT2D eigenvalue weighted by atomic mass is 10.1. The first-order valence-corrected chi connectivity index (χ1v) is 8.93. The molecule has 0 spiro atoms. The predicted octanol–water partition coefficient (Wildman–Crippen LogP) is 2.80. The average molecular weight is 354 g/mol. The van der Waals surface area contributed by atoms with Gasteiger partial charge in [0, 0.05) is 26.7 Å². The summed E-state index contributed by atoms with van der Waals surface area (Å²) >= 11 is 0. The van der Waals surface area contributed by atoms with Crippen molar-refractivity contribution in [1.29, 1.82) is 0 Å². The van der Waals surface area contributed by atoms with Crippen molar-refractivity contribution in [2.45, 2.75) is 20.0 Å². The van der Waals surface area contributed by atoms with Crippen molar-refractivity contribution in [3.63, 3.8) is 0 Å². The number of nitrogens with one attached hydrogen (secondary N) is 2. The minimum absolute atomic E-state index is 0.684. The molecule has 0 aliphatic heterocycles. The van der Waals surface area contributed by atoms with Gasteiger partial charge < -0.3 is 20.3 Å². The van der Waals surface area contributed by atoms with Crippen LogP contribution in [0.5, 0.6) is 5.75 Å². The lowest BCUT2D eigenvalue weighted by Gasteiger charge is -2.14. The van der Waals surface area contributed by atoms with Crippen molar-refractivity contribution in [1.82, 2.24) is 15.5 Å². The van der Waals surface area contributed by atoms with Crippen LogP contribution in [0.15, 0.2) is 53.5 Å². The quantitative estimate of drug-likeness (QED) is 0.565. The van der Waals surface area contributed by atoms with Gasteiger partial charge in [-0.15, -0.1) is 0 Å². The standard InChI is InChI=1S/C21H30N4O/c1-17-7-5-8-18(13-17)15-23-21(22-2)24-16-19-9-6-10-20(14-19)26-12-11-25(3)4/h5-10,13-14H,11-12,15-16H2,1-4H3,(H2,22,23,24). The van der Waals surface area contributed by atoms with Crippen LogP contribution in [0.25, 0.3) is 0 Å². The summed E-state index contributed by atoms with van der Waals surface area (Å²) in [5.41, 5.74) is 3.66. The van der Waals surface area contributed by atoms with E-state index in [1.165, 1.54) is 11.1 Å². The summed E-state index contributed by atoms with van der Waals surface area (Å²) in [5, 5.41) is 6.69. The number of ether oxygens (including phenoxy) is 1. The Kier molecular flexibility index (Phi) is 7.96. The fourth-order valence-corrected chi connectivity index (χ4v) is 2.51. The zero-order chi connectivity index (χ0) is 18.8. The molecule has 0 amide bonds. The molecular formula is C21H30N4O. The molecule has 26 heavy (non-hydrogen) atoms. The topological polar surface area (TPSA) is 48.9 Å². The monoisotopic (exact) mass is 354 g/mol.